The Kier molecular flexibility index (Phi) is 1.11. The van der Waals surface area contributed by atoms with E-state index < -0.39 is 0 Å². The molecule has 2 fully saturated rings. The highest BCUT2D eigenvalue weighted by Crippen LogP contribution is 2.22. The van der Waals surface area contributed by atoms with E-state index in [0.29, 0.717) is 0 Å². The molecular weight excluding hydrogens is 130 g/mol. The summed E-state index contributed by atoms with van der Waals surface area (Å²) in [7, 11) is 0. The number of hydrogen-bond donors (Lipinski definition) is 2. The van der Waals surface area contributed by atoms with Gasteiger partial charge < -0.3 is 4.90 Å². The second-order valence-electron chi connectivity index (χ2n) is 2.91. The number of guanidine groups is 1. The molecule has 1 atom stereocenters. The van der Waals surface area contributed by atoms with Crippen molar-refractivity contribution in [3.05, 3.63) is 0 Å². The standard InChI is InChI=1S/C6H11N3O/c7-6-8-3-1-2-5(4-8)9(6)10/h5,7,10H,1-4H2. The Hall–Kier alpha value is -0.770. The highest BCUT2D eigenvalue weighted by atomic mass is 16.5. The lowest BCUT2D eigenvalue weighted by Gasteiger charge is -2.19. The first-order valence-electron chi connectivity index (χ1n) is 3.60. The molecule has 2 saturated heterocycles. The smallest absolute Gasteiger partial charge is 0.218 e. The van der Waals surface area contributed by atoms with Crippen LogP contribution in [0.25, 0.3) is 0 Å². The van der Waals surface area contributed by atoms with Gasteiger partial charge in [0.1, 0.15) is 0 Å². The number of piperidine rings is 1. The van der Waals surface area contributed by atoms with Crippen molar-refractivity contribution in [2.75, 3.05) is 13.1 Å². The molecule has 0 spiro atoms. The van der Waals surface area contributed by atoms with E-state index in [0.717, 1.165) is 31.0 Å². The van der Waals surface area contributed by atoms with E-state index in [1.807, 2.05) is 4.90 Å². The topological polar surface area (TPSA) is 50.6 Å². The summed E-state index contributed by atoms with van der Waals surface area (Å²) in [5, 5.41) is 17.7. The summed E-state index contributed by atoms with van der Waals surface area (Å²) in [6, 6.07) is 0.196. The van der Waals surface area contributed by atoms with Crippen LogP contribution in [0.15, 0.2) is 0 Å². The van der Waals surface area contributed by atoms with Gasteiger partial charge in [-0.25, -0.2) is 5.06 Å². The van der Waals surface area contributed by atoms with Gasteiger partial charge in [0, 0.05) is 13.1 Å². The second kappa shape index (κ2) is 1.85. The molecule has 1 unspecified atom stereocenters. The fourth-order valence-corrected chi connectivity index (χ4v) is 1.66. The molecule has 4 nitrogen and oxygen atoms in total. The largest absolute Gasteiger partial charge is 0.339 e. The minimum absolute atomic E-state index is 0.196. The van der Waals surface area contributed by atoms with Gasteiger partial charge in [-0.05, 0) is 12.8 Å². The molecule has 0 aromatic rings. The van der Waals surface area contributed by atoms with Crippen LogP contribution in [0.2, 0.25) is 0 Å². The van der Waals surface area contributed by atoms with Crippen LogP contribution in [0.1, 0.15) is 12.8 Å². The second-order valence-corrected chi connectivity index (χ2v) is 2.91. The number of rotatable bonds is 0. The zero-order valence-electron chi connectivity index (χ0n) is 5.75. The van der Waals surface area contributed by atoms with E-state index in [2.05, 4.69) is 0 Å². The van der Waals surface area contributed by atoms with Crippen molar-refractivity contribution in [1.29, 1.82) is 5.41 Å². The molecule has 0 aromatic heterocycles. The Morgan fingerprint density at radius 3 is 3.00 bits per heavy atom. The number of fused-ring (bicyclic) bond motifs is 2. The van der Waals surface area contributed by atoms with Gasteiger partial charge in [-0.15, -0.1) is 0 Å². The minimum atomic E-state index is 0.196. The molecule has 0 aromatic carbocycles. The molecule has 2 aliphatic heterocycles. The summed E-state index contributed by atoms with van der Waals surface area (Å²) in [5.74, 6) is 0.280. The normalized spacial score (nSPS) is 31.7. The Morgan fingerprint density at radius 2 is 2.40 bits per heavy atom. The van der Waals surface area contributed by atoms with Gasteiger partial charge in [0.15, 0.2) is 0 Å². The van der Waals surface area contributed by atoms with Crippen molar-refractivity contribution < 1.29 is 5.21 Å². The van der Waals surface area contributed by atoms with Crippen LogP contribution in [0.3, 0.4) is 0 Å². The molecule has 10 heavy (non-hydrogen) atoms. The third-order valence-electron chi connectivity index (χ3n) is 2.26. The van der Waals surface area contributed by atoms with Crippen molar-refractivity contribution in [1.82, 2.24) is 9.96 Å². The highest BCUT2D eigenvalue weighted by molar-refractivity contribution is 5.78. The van der Waals surface area contributed by atoms with Gasteiger partial charge in [-0.1, -0.05) is 0 Å². The Labute approximate surface area is 59.5 Å². The van der Waals surface area contributed by atoms with Gasteiger partial charge in [-0.2, -0.15) is 0 Å². The van der Waals surface area contributed by atoms with E-state index in [4.69, 9.17) is 5.41 Å². The summed E-state index contributed by atoms with van der Waals surface area (Å²) in [4.78, 5) is 1.91. The Bertz CT molecular complexity index is 166. The predicted octanol–water partition coefficient (Wildman–Crippen LogP) is 0.0904. The fraction of sp³-hybridized carbons (Fsp3) is 0.833. The van der Waals surface area contributed by atoms with Crippen molar-refractivity contribution >= 4 is 5.96 Å². The summed E-state index contributed by atoms with van der Waals surface area (Å²) >= 11 is 0. The number of nitrogens with zero attached hydrogens (tertiary/aromatic N) is 2. The number of hydrogen-bond acceptors (Lipinski definition) is 2. The van der Waals surface area contributed by atoms with Gasteiger partial charge in [0.25, 0.3) is 0 Å². The van der Waals surface area contributed by atoms with Crippen molar-refractivity contribution in [3.63, 3.8) is 0 Å². The van der Waals surface area contributed by atoms with Crippen molar-refractivity contribution in [2.24, 2.45) is 0 Å². The molecule has 2 aliphatic rings. The van der Waals surface area contributed by atoms with E-state index >= 15 is 0 Å². The van der Waals surface area contributed by atoms with Crippen LogP contribution in [0.4, 0.5) is 0 Å². The van der Waals surface area contributed by atoms with Gasteiger partial charge in [0.2, 0.25) is 5.96 Å². The van der Waals surface area contributed by atoms with Crippen LogP contribution in [-0.2, 0) is 0 Å². The van der Waals surface area contributed by atoms with Crippen LogP contribution in [-0.4, -0.2) is 40.3 Å². The summed E-state index contributed by atoms with van der Waals surface area (Å²) in [5.41, 5.74) is 0. The molecule has 0 aliphatic carbocycles. The Balaban J connectivity index is 2.21. The molecule has 0 amide bonds. The molecule has 2 bridgehead atoms. The number of nitrogens with one attached hydrogen (secondary N) is 1. The monoisotopic (exact) mass is 141 g/mol. The molecule has 4 heteroatoms. The third kappa shape index (κ3) is 0.623. The maximum absolute atomic E-state index is 9.24. The minimum Gasteiger partial charge on any atom is -0.339 e. The van der Waals surface area contributed by atoms with Crippen LogP contribution in [0, 0.1) is 5.41 Å². The average Bonchev–Trinajstić information content (AvgIpc) is 2.17. The molecule has 0 saturated carbocycles. The lowest BCUT2D eigenvalue weighted by molar-refractivity contribution is -0.0415. The molecule has 2 rings (SSSR count). The van der Waals surface area contributed by atoms with Gasteiger partial charge in [0.05, 0.1) is 6.04 Å². The van der Waals surface area contributed by atoms with Crippen molar-refractivity contribution in [2.45, 2.75) is 18.9 Å². The molecule has 0 radical (unpaired) electrons. The first-order valence-corrected chi connectivity index (χ1v) is 3.60. The molecule has 2 heterocycles. The van der Waals surface area contributed by atoms with E-state index in [9.17, 15) is 5.21 Å². The first-order chi connectivity index (χ1) is 4.79. The lowest BCUT2D eigenvalue weighted by atomic mass is 10.1. The first kappa shape index (κ1) is 5.97. The number of hydroxylamine groups is 2. The van der Waals surface area contributed by atoms with Crippen LogP contribution in [0.5, 0.6) is 0 Å². The van der Waals surface area contributed by atoms with Gasteiger partial charge in [-0.3, -0.25) is 10.6 Å². The van der Waals surface area contributed by atoms with Crippen LogP contribution < -0.4 is 0 Å². The highest BCUT2D eigenvalue weighted by Gasteiger charge is 2.36. The maximum Gasteiger partial charge on any atom is 0.218 e. The SMILES string of the molecule is N=C1N2CCCC(C2)N1O. The lowest BCUT2D eigenvalue weighted by Crippen LogP contribution is -2.30. The van der Waals surface area contributed by atoms with E-state index in [-0.39, 0.29) is 12.0 Å². The molecule has 56 valence electrons. The van der Waals surface area contributed by atoms with Crippen LogP contribution >= 0.6 is 0 Å². The van der Waals surface area contributed by atoms with Crippen molar-refractivity contribution in [3.8, 4) is 0 Å². The Morgan fingerprint density at radius 1 is 1.60 bits per heavy atom. The zero-order valence-corrected chi connectivity index (χ0v) is 5.75. The quantitative estimate of drug-likeness (QED) is 0.502. The predicted molar refractivity (Wildman–Crippen MR) is 35.9 cm³/mol. The molecule has 2 N–H and O–H groups in total. The average molecular weight is 141 g/mol. The van der Waals surface area contributed by atoms with E-state index in [1.165, 1.54) is 0 Å². The summed E-state index contributed by atoms with van der Waals surface area (Å²) in [6.07, 6.45) is 2.12. The summed E-state index contributed by atoms with van der Waals surface area (Å²) in [6.45, 7) is 1.78. The van der Waals surface area contributed by atoms with Gasteiger partial charge >= 0.3 is 0 Å². The zero-order chi connectivity index (χ0) is 7.14. The maximum atomic E-state index is 9.24. The third-order valence-corrected chi connectivity index (χ3v) is 2.26. The fourth-order valence-electron chi connectivity index (χ4n) is 1.66. The molecular formula is C6H11N3O. The summed E-state index contributed by atoms with van der Waals surface area (Å²) < 4.78 is 0. The van der Waals surface area contributed by atoms with E-state index in [1.54, 1.807) is 0 Å².